The van der Waals surface area contributed by atoms with Crippen LogP contribution in [0.4, 0.5) is 8.78 Å². The summed E-state index contributed by atoms with van der Waals surface area (Å²) in [6.45, 7) is 1.63. The zero-order valence-corrected chi connectivity index (χ0v) is 10.8. The number of benzene rings is 2. The average molecular weight is 263 g/mol. The van der Waals surface area contributed by atoms with Crippen LogP contribution in [0.2, 0.25) is 0 Å². The van der Waals surface area contributed by atoms with Gasteiger partial charge in [0.05, 0.1) is 12.6 Å². The summed E-state index contributed by atoms with van der Waals surface area (Å²) in [6.07, 6.45) is 0. The summed E-state index contributed by atoms with van der Waals surface area (Å²) in [6, 6.07) is 10.3. The summed E-state index contributed by atoms with van der Waals surface area (Å²) >= 11 is 0. The molecule has 19 heavy (non-hydrogen) atoms. The van der Waals surface area contributed by atoms with Crippen molar-refractivity contribution in [3.63, 3.8) is 0 Å². The van der Waals surface area contributed by atoms with E-state index in [0.717, 1.165) is 18.2 Å². The highest BCUT2D eigenvalue weighted by Gasteiger charge is 2.30. The molecule has 0 aliphatic heterocycles. The molecule has 2 N–H and O–H groups in total. The van der Waals surface area contributed by atoms with Crippen molar-refractivity contribution in [2.24, 2.45) is 5.73 Å². The molecule has 1 unspecified atom stereocenters. The molecule has 0 aromatic heterocycles. The second-order valence-corrected chi connectivity index (χ2v) is 4.53. The fraction of sp³-hybridized carbons (Fsp3) is 0.200. The smallest absolute Gasteiger partial charge is 0.128 e. The molecule has 1 atom stereocenters. The largest absolute Gasteiger partial charge is 0.496 e. The number of halogens is 2. The molecule has 0 amide bonds. The fourth-order valence-corrected chi connectivity index (χ4v) is 2.11. The van der Waals surface area contributed by atoms with Crippen LogP contribution < -0.4 is 10.5 Å². The third-order valence-electron chi connectivity index (χ3n) is 3.15. The molecule has 2 rings (SSSR count). The van der Waals surface area contributed by atoms with Crippen LogP contribution in [0.25, 0.3) is 0 Å². The molecule has 2 aromatic rings. The third kappa shape index (κ3) is 2.44. The van der Waals surface area contributed by atoms with E-state index in [2.05, 4.69) is 0 Å². The van der Waals surface area contributed by atoms with Gasteiger partial charge in [0, 0.05) is 11.1 Å². The van der Waals surface area contributed by atoms with E-state index < -0.39 is 17.2 Å². The molecule has 2 nitrogen and oxygen atoms in total. The minimum atomic E-state index is -1.18. The number of methoxy groups -OCH3 is 1. The number of ether oxygens (including phenoxy) is 1. The minimum absolute atomic E-state index is 0.0944. The Morgan fingerprint density at radius 1 is 1.05 bits per heavy atom. The monoisotopic (exact) mass is 263 g/mol. The van der Waals surface area contributed by atoms with Crippen LogP contribution in [0.1, 0.15) is 18.1 Å². The Balaban J connectivity index is 2.61. The zero-order chi connectivity index (χ0) is 14.0. The lowest BCUT2D eigenvalue weighted by Crippen LogP contribution is -2.35. The van der Waals surface area contributed by atoms with Crippen molar-refractivity contribution in [1.29, 1.82) is 0 Å². The maximum Gasteiger partial charge on any atom is 0.128 e. The van der Waals surface area contributed by atoms with Gasteiger partial charge in [-0.05, 0) is 31.2 Å². The Labute approximate surface area is 110 Å². The highest BCUT2D eigenvalue weighted by atomic mass is 19.1. The van der Waals surface area contributed by atoms with Crippen LogP contribution in [-0.2, 0) is 5.54 Å². The molecule has 100 valence electrons. The van der Waals surface area contributed by atoms with Gasteiger partial charge in [-0.2, -0.15) is 0 Å². The molecule has 0 saturated carbocycles. The number of hydrogen-bond acceptors (Lipinski definition) is 2. The van der Waals surface area contributed by atoms with Crippen LogP contribution in [0.15, 0.2) is 42.5 Å². The number of para-hydroxylation sites is 1. The van der Waals surface area contributed by atoms with Gasteiger partial charge in [0.1, 0.15) is 17.4 Å². The van der Waals surface area contributed by atoms with Gasteiger partial charge in [0.15, 0.2) is 0 Å². The van der Waals surface area contributed by atoms with Gasteiger partial charge >= 0.3 is 0 Å². The Bertz CT molecular complexity index is 596. The topological polar surface area (TPSA) is 35.2 Å². The second-order valence-electron chi connectivity index (χ2n) is 4.53. The molecule has 0 radical (unpaired) electrons. The quantitative estimate of drug-likeness (QED) is 0.923. The maximum absolute atomic E-state index is 13.9. The number of nitrogens with two attached hydrogens (primary N) is 1. The van der Waals surface area contributed by atoms with E-state index in [9.17, 15) is 8.78 Å². The first-order chi connectivity index (χ1) is 8.96. The summed E-state index contributed by atoms with van der Waals surface area (Å²) in [5, 5.41) is 0. The zero-order valence-electron chi connectivity index (χ0n) is 10.8. The summed E-state index contributed by atoms with van der Waals surface area (Å²) < 4.78 is 32.4. The summed E-state index contributed by atoms with van der Waals surface area (Å²) in [5.74, 6) is -0.531. The second kappa shape index (κ2) is 4.97. The molecule has 0 aliphatic carbocycles. The molecule has 0 fully saturated rings. The maximum atomic E-state index is 13.9. The molecular weight excluding hydrogens is 248 g/mol. The molecule has 4 heteroatoms. The highest BCUT2D eigenvalue weighted by molar-refractivity contribution is 5.45. The molecule has 0 saturated heterocycles. The van der Waals surface area contributed by atoms with Crippen molar-refractivity contribution in [3.8, 4) is 5.75 Å². The van der Waals surface area contributed by atoms with E-state index in [1.807, 2.05) is 0 Å². The first-order valence-corrected chi connectivity index (χ1v) is 5.84. The van der Waals surface area contributed by atoms with Crippen molar-refractivity contribution >= 4 is 0 Å². The molecule has 0 spiro atoms. The van der Waals surface area contributed by atoms with Crippen molar-refractivity contribution in [1.82, 2.24) is 0 Å². The first kappa shape index (κ1) is 13.5. The third-order valence-corrected chi connectivity index (χ3v) is 3.15. The average Bonchev–Trinajstić information content (AvgIpc) is 2.41. The van der Waals surface area contributed by atoms with Crippen molar-refractivity contribution < 1.29 is 13.5 Å². The van der Waals surface area contributed by atoms with Gasteiger partial charge in [-0.15, -0.1) is 0 Å². The highest BCUT2D eigenvalue weighted by Crippen LogP contribution is 2.34. The minimum Gasteiger partial charge on any atom is -0.496 e. The van der Waals surface area contributed by atoms with Crippen LogP contribution >= 0.6 is 0 Å². The van der Waals surface area contributed by atoms with Gasteiger partial charge < -0.3 is 10.5 Å². The summed E-state index contributed by atoms with van der Waals surface area (Å²) in [4.78, 5) is 0. The normalized spacial score (nSPS) is 13.9. The van der Waals surface area contributed by atoms with Crippen molar-refractivity contribution in [3.05, 3.63) is 65.2 Å². The van der Waals surface area contributed by atoms with Crippen molar-refractivity contribution in [2.75, 3.05) is 7.11 Å². The lowest BCUT2D eigenvalue weighted by molar-refractivity contribution is 0.396. The van der Waals surface area contributed by atoms with E-state index in [-0.39, 0.29) is 5.56 Å². The Hall–Kier alpha value is -1.94. The predicted molar refractivity (Wildman–Crippen MR) is 70.0 cm³/mol. The SMILES string of the molecule is COc1ccccc1C(C)(N)c1cc(F)ccc1F. The lowest BCUT2D eigenvalue weighted by atomic mass is 9.84. The van der Waals surface area contributed by atoms with E-state index in [0.29, 0.717) is 11.3 Å². The molecule has 0 bridgehead atoms. The van der Waals surface area contributed by atoms with E-state index >= 15 is 0 Å². The van der Waals surface area contributed by atoms with Crippen LogP contribution in [-0.4, -0.2) is 7.11 Å². The first-order valence-electron chi connectivity index (χ1n) is 5.84. The van der Waals surface area contributed by atoms with Crippen LogP contribution in [0, 0.1) is 11.6 Å². The van der Waals surface area contributed by atoms with E-state index in [4.69, 9.17) is 10.5 Å². The summed E-state index contributed by atoms with van der Waals surface area (Å²) in [7, 11) is 1.51. The Morgan fingerprint density at radius 3 is 2.42 bits per heavy atom. The fourth-order valence-electron chi connectivity index (χ4n) is 2.11. The van der Waals surface area contributed by atoms with E-state index in [1.54, 1.807) is 31.2 Å². The van der Waals surface area contributed by atoms with Gasteiger partial charge in [-0.25, -0.2) is 8.78 Å². The van der Waals surface area contributed by atoms with Crippen molar-refractivity contribution in [2.45, 2.75) is 12.5 Å². The lowest BCUT2D eigenvalue weighted by Gasteiger charge is -2.28. The molecule has 0 heterocycles. The van der Waals surface area contributed by atoms with Crippen LogP contribution in [0.3, 0.4) is 0 Å². The van der Waals surface area contributed by atoms with E-state index in [1.165, 1.54) is 7.11 Å². The van der Waals surface area contributed by atoms with Crippen LogP contribution in [0.5, 0.6) is 5.75 Å². The molecular formula is C15H15F2NO. The number of rotatable bonds is 3. The number of hydrogen-bond donors (Lipinski definition) is 1. The van der Waals surface area contributed by atoms with Gasteiger partial charge in [-0.1, -0.05) is 18.2 Å². The Kier molecular flexibility index (Phi) is 3.53. The molecule has 0 aliphatic rings. The molecule has 2 aromatic carbocycles. The van der Waals surface area contributed by atoms with Gasteiger partial charge in [0.25, 0.3) is 0 Å². The predicted octanol–water partition coefficient (Wildman–Crippen LogP) is 3.20. The Morgan fingerprint density at radius 2 is 1.74 bits per heavy atom. The summed E-state index contributed by atoms with van der Waals surface area (Å²) in [5.41, 5.74) is 5.73. The standard InChI is InChI=1S/C15H15F2NO/c1-15(18,11-5-3-4-6-14(11)19-2)12-9-10(16)7-8-13(12)17/h3-9H,18H2,1-2H3. The van der Waals surface area contributed by atoms with Gasteiger partial charge in [-0.3, -0.25) is 0 Å². The van der Waals surface area contributed by atoms with Gasteiger partial charge in [0.2, 0.25) is 0 Å².